The number of nitrogens with one attached hydrogen (secondary N) is 1. The van der Waals surface area contributed by atoms with Gasteiger partial charge in [0.05, 0.1) is 12.6 Å². The maximum Gasteiger partial charge on any atom is 0.235 e. The number of carbonyl (C=O) groups excluding carboxylic acids is 1. The smallest absolute Gasteiger partial charge is 0.235 e. The van der Waals surface area contributed by atoms with Crippen LogP contribution in [0.3, 0.4) is 0 Å². The summed E-state index contributed by atoms with van der Waals surface area (Å²) in [5.74, 6) is 1.08. The Balaban J connectivity index is 2.57. The number of hydrogen-bond acceptors (Lipinski definition) is 3. The van der Waals surface area contributed by atoms with E-state index < -0.39 is 5.54 Å². The average molecular weight is 293 g/mol. The molecule has 21 heavy (non-hydrogen) atoms. The van der Waals surface area contributed by atoms with Gasteiger partial charge < -0.3 is 5.32 Å². The van der Waals surface area contributed by atoms with Crippen molar-refractivity contribution in [3.63, 3.8) is 0 Å². The van der Waals surface area contributed by atoms with E-state index >= 15 is 0 Å². The molecular weight excluding hydrogens is 262 g/mol. The van der Waals surface area contributed by atoms with E-state index in [-0.39, 0.29) is 5.91 Å². The zero-order valence-corrected chi connectivity index (χ0v) is 14.1. The molecule has 1 aliphatic carbocycles. The summed E-state index contributed by atoms with van der Waals surface area (Å²) in [5, 5.41) is 12.5. The van der Waals surface area contributed by atoms with Gasteiger partial charge in [-0.05, 0) is 24.7 Å². The predicted octanol–water partition coefficient (Wildman–Crippen LogP) is 2.94. The molecule has 0 spiro atoms. The van der Waals surface area contributed by atoms with Crippen LogP contribution in [0.25, 0.3) is 0 Å². The molecule has 1 saturated carbocycles. The minimum absolute atomic E-state index is 0.000231. The molecule has 120 valence electrons. The van der Waals surface area contributed by atoms with Gasteiger partial charge in [0.15, 0.2) is 0 Å². The van der Waals surface area contributed by atoms with E-state index in [1.165, 1.54) is 6.42 Å². The summed E-state index contributed by atoms with van der Waals surface area (Å²) < 4.78 is 0. The van der Waals surface area contributed by atoms with E-state index in [2.05, 4.69) is 44.0 Å². The first-order chi connectivity index (χ1) is 9.87. The topological polar surface area (TPSA) is 56.1 Å². The van der Waals surface area contributed by atoms with Crippen LogP contribution in [-0.2, 0) is 4.79 Å². The summed E-state index contributed by atoms with van der Waals surface area (Å²) in [7, 11) is 0. The number of hydrogen-bond donors (Lipinski definition) is 1. The second-order valence-electron chi connectivity index (χ2n) is 7.28. The van der Waals surface area contributed by atoms with Crippen molar-refractivity contribution in [1.82, 2.24) is 10.2 Å². The average Bonchev–Trinajstić information content (AvgIpc) is 2.37. The molecule has 0 atom stereocenters. The molecule has 0 unspecified atom stereocenters. The number of nitrogens with zero attached hydrogens (tertiary/aromatic N) is 2. The standard InChI is InChI=1S/C17H31N3O/c1-14(2)10-20(11-15(3)4)12-16(21)19-17(13-18)8-6-5-7-9-17/h14-15H,5-12H2,1-4H3,(H,19,21). The number of carbonyl (C=O) groups is 1. The maximum atomic E-state index is 12.3. The summed E-state index contributed by atoms with van der Waals surface area (Å²) in [5.41, 5.74) is -0.614. The summed E-state index contributed by atoms with van der Waals surface area (Å²) in [4.78, 5) is 14.6. The fraction of sp³-hybridized carbons (Fsp3) is 0.882. The van der Waals surface area contributed by atoms with Crippen LogP contribution in [0.4, 0.5) is 0 Å². The zero-order chi connectivity index (χ0) is 15.9. The van der Waals surface area contributed by atoms with Crippen LogP contribution in [0.5, 0.6) is 0 Å². The first-order valence-corrected chi connectivity index (χ1v) is 8.31. The third kappa shape index (κ3) is 6.48. The lowest BCUT2D eigenvalue weighted by molar-refractivity contribution is -0.124. The molecule has 0 aromatic heterocycles. The SMILES string of the molecule is CC(C)CN(CC(=O)NC1(C#N)CCCCC1)CC(C)C. The Hall–Kier alpha value is -1.08. The lowest BCUT2D eigenvalue weighted by Crippen LogP contribution is -2.52. The molecule has 0 heterocycles. The highest BCUT2D eigenvalue weighted by molar-refractivity contribution is 5.79. The summed E-state index contributed by atoms with van der Waals surface area (Å²) in [6, 6.07) is 2.35. The fourth-order valence-corrected chi connectivity index (χ4v) is 3.17. The predicted molar refractivity (Wildman–Crippen MR) is 85.7 cm³/mol. The summed E-state index contributed by atoms with van der Waals surface area (Å²) >= 11 is 0. The lowest BCUT2D eigenvalue weighted by Gasteiger charge is -2.33. The molecule has 0 aromatic rings. The highest BCUT2D eigenvalue weighted by atomic mass is 16.2. The van der Waals surface area contributed by atoms with Crippen molar-refractivity contribution in [1.29, 1.82) is 5.26 Å². The van der Waals surface area contributed by atoms with E-state index in [1.807, 2.05) is 0 Å². The molecular formula is C17H31N3O. The normalized spacial score (nSPS) is 18.0. The van der Waals surface area contributed by atoms with Crippen molar-refractivity contribution in [2.75, 3.05) is 19.6 Å². The Morgan fingerprint density at radius 1 is 1.14 bits per heavy atom. The Kier molecular flexibility index (Phi) is 7.17. The molecule has 1 aliphatic rings. The Bertz CT molecular complexity index is 355. The van der Waals surface area contributed by atoms with Gasteiger partial charge in [-0.25, -0.2) is 0 Å². The van der Waals surface area contributed by atoms with Crippen LogP contribution >= 0.6 is 0 Å². The fourth-order valence-electron chi connectivity index (χ4n) is 3.17. The van der Waals surface area contributed by atoms with Crippen LogP contribution < -0.4 is 5.32 Å². The van der Waals surface area contributed by atoms with Crippen LogP contribution in [-0.4, -0.2) is 36.0 Å². The summed E-state index contributed by atoms with van der Waals surface area (Å²) in [6.07, 6.45) is 4.84. The Morgan fingerprint density at radius 2 is 1.67 bits per heavy atom. The zero-order valence-electron chi connectivity index (χ0n) is 14.1. The highest BCUT2D eigenvalue weighted by Crippen LogP contribution is 2.27. The van der Waals surface area contributed by atoms with Gasteiger partial charge in [-0.2, -0.15) is 5.26 Å². The number of rotatable bonds is 7. The van der Waals surface area contributed by atoms with E-state index in [9.17, 15) is 10.1 Å². The quantitative estimate of drug-likeness (QED) is 0.785. The van der Waals surface area contributed by atoms with Gasteiger partial charge in [-0.3, -0.25) is 9.69 Å². The molecule has 0 radical (unpaired) electrons. The minimum atomic E-state index is -0.614. The monoisotopic (exact) mass is 293 g/mol. The largest absolute Gasteiger partial charge is 0.337 e. The molecule has 0 saturated heterocycles. The first kappa shape index (κ1) is 18.0. The molecule has 0 aromatic carbocycles. The third-order valence-electron chi connectivity index (χ3n) is 3.91. The van der Waals surface area contributed by atoms with Gasteiger partial charge in [0.1, 0.15) is 5.54 Å². The maximum absolute atomic E-state index is 12.3. The second-order valence-corrected chi connectivity index (χ2v) is 7.28. The van der Waals surface area contributed by atoms with Gasteiger partial charge in [0.2, 0.25) is 5.91 Å². The Labute approximate surface area is 129 Å². The van der Waals surface area contributed by atoms with Crippen LogP contribution in [0, 0.1) is 23.2 Å². The van der Waals surface area contributed by atoms with Crippen molar-refractivity contribution in [2.45, 2.75) is 65.3 Å². The van der Waals surface area contributed by atoms with Crippen molar-refractivity contribution in [3.8, 4) is 6.07 Å². The van der Waals surface area contributed by atoms with Gasteiger partial charge >= 0.3 is 0 Å². The van der Waals surface area contributed by atoms with Crippen LogP contribution in [0.15, 0.2) is 0 Å². The minimum Gasteiger partial charge on any atom is -0.337 e. The molecule has 4 heteroatoms. The highest BCUT2D eigenvalue weighted by Gasteiger charge is 2.33. The van der Waals surface area contributed by atoms with Gasteiger partial charge in [0, 0.05) is 13.1 Å². The molecule has 1 rings (SSSR count). The third-order valence-corrected chi connectivity index (χ3v) is 3.91. The van der Waals surface area contributed by atoms with E-state index in [0.29, 0.717) is 18.4 Å². The van der Waals surface area contributed by atoms with E-state index in [0.717, 1.165) is 38.8 Å². The summed E-state index contributed by atoms with van der Waals surface area (Å²) in [6.45, 7) is 10.9. The number of nitriles is 1. The van der Waals surface area contributed by atoms with Crippen LogP contribution in [0.2, 0.25) is 0 Å². The Morgan fingerprint density at radius 3 is 2.10 bits per heavy atom. The van der Waals surface area contributed by atoms with Crippen molar-refractivity contribution in [2.24, 2.45) is 11.8 Å². The van der Waals surface area contributed by atoms with Crippen molar-refractivity contribution >= 4 is 5.91 Å². The first-order valence-electron chi connectivity index (χ1n) is 8.31. The van der Waals surface area contributed by atoms with Gasteiger partial charge in [-0.1, -0.05) is 47.0 Å². The molecule has 0 bridgehead atoms. The molecule has 1 N–H and O–H groups in total. The van der Waals surface area contributed by atoms with Crippen molar-refractivity contribution in [3.05, 3.63) is 0 Å². The lowest BCUT2D eigenvalue weighted by atomic mass is 9.83. The van der Waals surface area contributed by atoms with E-state index in [4.69, 9.17) is 0 Å². The van der Waals surface area contributed by atoms with Gasteiger partial charge in [0.25, 0.3) is 0 Å². The number of amides is 1. The molecule has 1 fully saturated rings. The van der Waals surface area contributed by atoms with E-state index in [1.54, 1.807) is 0 Å². The van der Waals surface area contributed by atoms with Gasteiger partial charge in [-0.15, -0.1) is 0 Å². The molecule has 1 amide bonds. The van der Waals surface area contributed by atoms with Crippen molar-refractivity contribution < 1.29 is 4.79 Å². The van der Waals surface area contributed by atoms with Crippen LogP contribution in [0.1, 0.15) is 59.8 Å². The molecule has 4 nitrogen and oxygen atoms in total. The molecule has 0 aliphatic heterocycles. The second kappa shape index (κ2) is 8.38.